The van der Waals surface area contributed by atoms with Crippen molar-refractivity contribution in [3.05, 3.63) is 42.5 Å². The van der Waals surface area contributed by atoms with Crippen molar-refractivity contribution in [1.29, 1.82) is 5.26 Å². The highest BCUT2D eigenvalue weighted by atomic mass is 14.9. The number of nitrogens with zero attached hydrogens (tertiary/aromatic N) is 1. The molecule has 0 atom stereocenters. The van der Waals surface area contributed by atoms with Crippen LogP contribution in [0.1, 0.15) is 25.7 Å². The number of fused-ring (bicyclic) bond motifs is 1. The fourth-order valence-corrected chi connectivity index (χ4v) is 2.94. The summed E-state index contributed by atoms with van der Waals surface area (Å²) >= 11 is 0. The minimum atomic E-state index is 0.269. The van der Waals surface area contributed by atoms with Gasteiger partial charge in [0.05, 0.1) is 6.07 Å². The zero-order chi connectivity index (χ0) is 13.1. The molecule has 2 aromatic rings. The van der Waals surface area contributed by atoms with Gasteiger partial charge in [0.25, 0.3) is 0 Å². The lowest BCUT2D eigenvalue weighted by Crippen LogP contribution is -2.25. The smallest absolute Gasteiger partial charge is 0.0655 e. The number of nitriles is 1. The fraction of sp³-hybridized carbons (Fsp3) is 0.353. The summed E-state index contributed by atoms with van der Waals surface area (Å²) in [5.41, 5.74) is 1.22. The maximum Gasteiger partial charge on any atom is 0.0655 e. The third-order valence-corrected chi connectivity index (χ3v) is 4.06. The van der Waals surface area contributed by atoms with E-state index in [1.807, 2.05) is 0 Å². The van der Waals surface area contributed by atoms with Gasteiger partial charge in [-0.1, -0.05) is 36.4 Å². The lowest BCUT2D eigenvalue weighted by Gasteiger charge is -2.27. The second-order valence-electron chi connectivity index (χ2n) is 5.35. The summed E-state index contributed by atoms with van der Waals surface area (Å²) < 4.78 is 0. The Kier molecular flexibility index (Phi) is 3.37. The quantitative estimate of drug-likeness (QED) is 0.860. The first-order valence-corrected chi connectivity index (χ1v) is 7.01. The van der Waals surface area contributed by atoms with E-state index in [1.54, 1.807) is 0 Å². The van der Waals surface area contributed by atoms with Gasteiger partial charge in [-0.15, -0.1) is 0 Å². The van der Waals surface area contributed by atoms with Gasteiger partial charge in [0, 0.05) is 23.0 Å². The normalized spacial score (nSPS) is 22.9. The van der Waals surface area contributed by atoms with Crippen molar-refractivity contribution < 1.29 is 0 Å². The summed E-state index contributed by atoms with van der Waals surface area (Å²) in [7, 11) is 0. The molecule has 3 rings (SSSR count). The van der Waals surface area contributed by atoms with Crippen LogP contribution < -0.4 is 5.32 Å². The molecule has 1 aliphatic rings. The van der Waals surface area contributed by atoms with E-state index in [4.69, 9.17) is 5.26 Å². The van der Waals surface area contributed by atoms with Crippen molar-refractivity contribution in [1.82, 2.24) is 0 Å². The van der Waals surface area contributed by atoms with E-state index in [0.717, 1.165) is 25.7 Å². The summed E-state index contributed by atoms with van der Waals surface area (Å²) in [5, 5.41) is 15.2. The lowest BCUT2D eigenvalue weighted by atomic mass is 9.87. The van der Waals surface area contributed by atoms with Gasteiger partial charge >= 0.3 is 0 Å². The highest BCUT2D eigenvalue weighted by molar-refractivity contribution is 5.93. The second-order valence-corrected chi connectivity index (χ2v) is 5.35. The predicted octanol–water partition coefficient (Wildman–Crippen LogP) is 4.33. The molecule has 0 unspecified atom stereocenters. The molecule has 1 aliphatic carbocycles. The zero-order valence-electron chi connectivity index (χ0n) is 11.0. The van der Waals surface area contributed by atoms with Crippen LogP contribution in [0.4, 0.5) is 5.69 Å². The zero-order valence-corrected chi connectivity index (χ0v) is 11.0. The lowest BCUT2D eigenvalue weighted by molar-refractivity contribution is 0.398. The van der Waals surface area contributed by atoms with Gasteiger partial charge in [-0.05, 0) is 37.1 Å². The number of rotatable bonds is 2. The Balaban J connectivity index is 1.77. The van der Waals surface area contributed by atoms with Crippen LogP contribution in [-0.4, -0.2) is 6.04 Å². The molecule has 0 heterocycles. The number of benzene rings is 2. The van der Waals surface area contributed by atoms with Crippen molar-refractivity contribution in [2.45, 2.75) is 31.7 Å². The topological polar surface area (TPSA) is 35.8 Å². The van der Waals surface area contributed by atoms with Crippen molar-refractivity contribution in [2.24, 2.45) is 5.92 Å². The van der Waals surface area contributed by atoms with E-state index >= 15 is 0 Å². The molecule has 1 fully saturated rings. The van der Waals surface area contributed by atoms with Gasteiger partial charge in [0.1, 0.15) is 0 Å². The van der Waals surface area contributed by atoms with E-state index in [2.05, 4.69) is 53.9 Å². The van der Waals surface area contributed by atoms with Crippen LogP contribution in [0.5, 0.6) is 0 Å². The maximum atomic E-state index is 8.94. The van der Waals surface area contributed by atoms with Crippen molar-refractivity contribution in [3.63, 3.8) is 0 Å². The number of hydrogen-bond donors (Lipinski definition) is 1. The van der Waals surface area contributed by atoms with Crippen LogP contribution in [0.25, 0.3) is 10.8 Å². The summed E-state index contributed by atoms with van der Waals surface area (Å²) in [6, 6.07) is 17.8. The van der Waals surface area contributed by atoms with Gasteiger partial charge in [-0.3, -0.25) is 0 Å². The second kappa shape index (κ2) is 5.32. The first-order chi connectivity index (χ1) is 9.36. The standard InChI is InChI=1S/C17H18N2/c18-12-13-8-10-15(11-9-13)19-17-7-3-5-14-4-1-2-6-16(14)17/h1-7,13,15,19H,8-11H2. The summed E-state index contributed by atoms with van der Waals surface area (Å²) in [4.78, 5) is 0. The molecular formula is C17H18N2. The molecule has 0 amide bonds. The van der Waals surface area contributed by atoms with E-state index in [9.17, 15) is 0 Å². The first kappa shape index (κ1) is 12.0. The van der Waals surface area contributed by atoms with Crippen molar-refractivity contribution in [2.75, 3.05) is 5.32 Å². The summed E-state index contributed by atoms with van der Waals surface area (Å²) in [6.45, 7) is 0. The Morgan fingerprint density at radius 1 is 0.947 bits per heavy atom. The molecule has 1 N–H and O–H groups in total. The summed E-state index contributed by atoms with van der Waals surface area (Å²) in [6.07, 6.45) is 4.25. The van der Waals surface area contributed by atoms with E-state index in [-0.39, 0.29) is 5.92 Å². The predicted molar refractivity (Wildman–Crippen MR) is 78.9 cm³/mol. The minimum Gasteiger partial charge on any atom is -0.382 e. The van der Waals surface area contributed by atoms with E-state index in [1.165, 1.54) is 16.5 Å². The maximum absolute atomic E-state index is 8.94. The molecule has 2 heteroatoms. The monoisotopic (exact) mass is 250 g/mol. The molecule has 96 valence electrons. The molecule has 0 radical (unpaired) electrons. The average Bonchev–Trinajstić information content (AvgIpc) is 2.48. The molecule has 0 spiro atoms. The molecular weight excluding hydrogens is 232 g/mol. The Morgan fingerprint density at radius 2 is 1.68 bits per heavy atom. The molecule has 2 nitrogen and oxygen atoms in total. The van der Waals surface area contributed by atoms with Gasteiger partial charge in [-0.25, -0.2) is 0 Å². The molecule has 2 aromatic carbocycles. The molecule has 0 aromatic heterocycles. The molecule has 1 saturated carbocycles. The summed E-state index contributed by atoms with van der Waals surface area (Å²) in [5.74, 6) is 0.269. The van der Waals surface area contributed by atoms with Crippen LogP contribution in [0.2, 0.25) is 0 Å². The van der Waals surface area contributed by atoms with Gasteiger partial charge < -0.3 is 5.32 Å². The SMILES string of the molecule is N#CC1CCC(Nc2cccc3ccccc23)CC1. The van der Waals surface area contributed by atoms with Crippen molar-refractivity contribution >= 4 is 16.5 Å². The van der Waals surface area contributed by atoms with E-state index < -0.39 is 0 Å². The Labute approximate surface area is 114 Å². The third kappa shape index (κ3) is 2.56. The number of hydrogen-bond acceptors (Lipinski definition) is 2. The molecule has 19 heavy (non-hydrogen) atoms. The Hall–Kier alpha value is -2.01. The van der Waals surface area contributed by atoms with Gasteiger partial charge in [0.15, 0.2) is 0 Å². The average molecular weight is 250 g/mol. The molecule has 0 aliphatic heterocycles. The van der Waals surface area contributed by atoms with E-state index in [0.29, 0.717) is 6.04 Å². The first-order valence-electron chi connectivity index (χ1n) is 7.01. The Bertz CT molecular complexity index is 599. The van der Waals surface area contributed by atoms with Crippen LogP contribution in [0, 0.1) is 17.2 Å². The van der Waals surface area contributed by atoms with Crippen LogP contribution in [0.15, 0.2) is 42.5 Å². The molecule has 0 saturated heterocycles. The van der Waals surface area contributed by atoms with Crippen molar-refractivity contribution in [3.8, 4) is 6.07 Å². The number of nitrogens with one attached hydrogen (secondary N) is 1. The Morgan fingerprint density at radius 3 is 2.47 bits per heavy atom. The van der Waals surface area contributed by atoms with Crippen LogP contribution >= 0.6 is 0 Å². The van der Waals surface area contributed by atoms with Gasteiger partial charge in [-0.2, -0.15) is 5.26 Å². The minimum absolute atomic E-state index is 0.269. The van der Waals surface area contributed by atoms with Crippen LogP contribution in [0.3, 0.4) is 0 Å². The fourth-order valence-electron chi connectivity index (χ4n) is 2.94. The third-order valence-electron chi connectivity index (χ3n) is 4.06. The molecule has 0 bridgehead atoms. The highest BCUT2D eigenvalue weighted by Crippen LogP contribution is 2.29. The van der Waals surface area contributed by atoms with Crippen LogP contribution in [-0.2, 0) is 0 Å². The highest BCUT2D eigenvalue weighted by Gasteiger charge is 2.20. The van der Waals surface area contributed by atoms with Gasteiger partial charge in [0.2, 0.25) is 0 Å². The largest absolute Gasteiger partial charge is 0.382 e. The number of anilines is 1.